The van der Waals surface area contributed by atoms with E-state index in [0.717, 1.165) is 0 Å². The summed E-state index contributed by atoms with van der Waals surface area (Å²) in [7, 11) is 0. The van der Waals surface area contributed by atoms with Gasteiger partial charge in [0.2, 0.25) is 0 Å². The molecule has 0 bridgehead atoms. The molecule has 0 atom stereocenters. The third-order valence-corrected chi connectivity index (χ3v) is 6.73. The third-order valence-electron chi connectivity index (χ3n) is 6.73. The second-order valence-corrected chi connectivity index (χ2v) is 8.52. The lowest BCUT2D eigenvalue weighted by Gasteiger charge is -2.18. The summed E-state index contributed by atoms with van der Waals surface area (Å²) in [5.41, 5.74) is 5.94. The van der Waals surface area contributed by atoms with Crippen LogP contribution in [0.1, 0.15) is 35.1 Å². The molecule has 148 valence electrons. The summed E-state index contributed by atoms with van der Waals surface area (Å²) in [4.78, 5) is 0. The molecular weight excluding hydrogens is 360 g/mol. The Balaban J connectivity index is 0.000000140. The molecule has 0 saturated carbocycles. The number of aryl methyl sites for hydroxylation is 4. The Morgan fingerprint density at radius 2 is 1.13 bits per heavy atom. The number of hydrogen-bond donors (Lipinski definition) is 0. The predicted octanol–water partition coefficient (Wildman–Crippen LogP) is 8.33. The summed E-state index contributed by atoms with van der Waals surface area (Å²) in [6.45, 7) is 4.33. The molecule has 0 aliphatic heterocycles. The first-order chi connectivity index (χ1) is 14.7. The van der Waals surface area contributed by atoms with E-state index in [0.29, 0.717) is 0 Å². The van der Waals surface area contributed by atoms with Crippen LogP contribution in [0.2, 0.25) is 0 Å². The first-order valence-electron chi connectivity index (χ1n) is 11.1. The second kappa shape index (κ2) is 7.95. The zero-order valence-electron chi connectivity index (χ0n) is 17.9. The molecule has 0 N–H and O–H groups in total. The van der Waals surface area contributed by atoms with Crippen LogP contribution in [0.15, 0.2) is 84.9 Å². The highest BCUT2D eigenvalue weighted by molar-refractivity contribution is 6.08. The van der Waals surface area contributed by atoms with Crippen LogP contribution in [0.25, 0.3) is 32.3 Å². The van der Waals surface area contributed by atoms with E-state index < -0.39 is 0 Å². The Labute approximate surface area is 179 Å². The molecule has 0 aromatic heterocycles. The Morgan fingerprint density at radius 3 is 1.97 bits per heavy atom. The first-order valence-corrected chi connectivity index (χ1v) is 11.1. The van der Waals surface area contributed by atoms with Crippen LogP contribution >= 0.6 is 0 Å². The van der Waals surface area contributed by atoms with Crippen LogP contribution in [0, 0.1) is 13.8 Å². The minimum Gasteiger partial charge on any atom is -0.0616 e. The average Bonchev–Trinajstić information content (AvgIpc) is 2.81. The highest BCUT2D eigenvalue weighted by atomic mass is 14.2. The number of benzene rings is 5. The zero-order valence-corrected chi connectivity index (χ0v) is 17.9. The van der Waals surface area contributed by atoms with Crippen molar-refractivity contribution in [1.82, 2.24) is 0 Å². The van der Waals surface area contributed by atoms with Crippen molar-refractivity contribution in [1.29, 1.82) is 0 Å². The fraction of sp³-hybridized carbons (Fsp3) is 0.200. The number of rotatable bonds is 0. The summed E-state index contributed by atoms with van der Waals surface area (Å²) < 4.78 is 0. The molecule has 0 spiro atoms. The van der Waals surface area contributed by atoms with Gasteiger partial charge in [0.1, 0.15) is 0 Å². The SMILES string of the molecule is Cc1ccc2ccccc2c1C.c1ccc2c(c1)ccc1c3c(ccc12)CCCC3. The summed E-state index contributed by atoms with van der Waals surface area (Å²) in [5, 5.41) is 8.35. The average molecular weight is 389 g/mol. The van der Waals surface area contributed by atoms with Crippen molar-refractivity contribution in [2.24, 2.45) is 0 Å². The van der Waals surface area contributed by atoms with Crippen LogP contribution in [0.5, 0.6) is 0 Å². The topological polar surface area (TPSA) is 0 Å². The molecule has 0 radical (unpaired) electrons. The van der Waals surface area contributed by atoms with Gasteiger partial charge in [-0.25, -0.2) is 0 Å². The van der Waals surface area contributed by atoms with Gasteiger partial charge in [0, 0.05) is 0 Å². The Kier molecular flexibility index (Phi) is 5.01. The molecule has 5 aromatic carbocycles. The smallest absolute Gasteiger partial charge is 0.0102 e. The van der Waals surface area contributed by atoms with E-state index in [4.69, 9.17) is 0 Å². The highest BCUT2D eigenvalue weighted by Crippen LogP contribution is 2.33. The van der Waals surface area contributed by atoms with E-state index in [1.165, 1.54) is 69.1 Å². The number of fused-ring (bicyclic) bond motifs is 6. The summed E-state index contributed by atoms with van der Waals surface area (Å²) in [6.07, 6.45) is 5.22. The van der Waals surface area contributed by atoms with Crippen LogP contribution in [0.4, 0.5) is 0 Å². The van der Waals surface area contributed by atoms with Gasteiger partial charge in [-0.2, -0.15) is 0 Å². The monoisotopic (exact) mass is 388 g/mol. The van der Waals surface area contributed by atoms with Gasteiger partial charge in [-0.15, -0.1) is 0 Å². The molecule has 0 fully saturated rings. The molecule has 1 aliphatic carbocycles. The van der Waals surface area contributed by atoms with Crippen molar-refractivity contribution >= 4 is 32.3 Å². The Bertz CT molecular complexity index is 1360. The van der Waals surface area contributed by atoms with Crippen molar-refractivity contribution in [2.75, 3.05) is 0 Å². The van der Waals surface area contributed by atoms with Crippen molar-refractivity contribution in [2.45, 2.75) is 39.5 Å². The normalized spacial score (nSPS) is 13.1. The molecule has 0 saturated heterocycles. The van der Waals surface area contributed by atoms with E-state index in [2.05, 4.69) is 98.8 Å². The predicted molar refractivity (Wildman–Crippen MR) is 132 cm³/mol. The molecule has 5 aromatic rings. The van der Waals surface area contributed by atoms with Gasteiger partial charge in [-0.3, -0.25) is 0 Å². The maximum absolute atomic E-state index is 2.35. The molecule has 1 aliphatic rings. The van der Waals surface area contributed by atoms with E-state index >= 15 is 0 Å². The molecular formula is C30H28. The van der Waals surface area contributed by atoms with Gasteiger partial charge in [-0.05, 0) is 94.1 Å². The molecule has 0 heterocycles. The fourth-order valence-corrected chi connectivity index (χ4v) is 4.88. The second-order valence-electron chi connectivity index (χ2n) is 8.52. The summed E-state index contributed by atoms with van der Waals surface area (Å²) in [5.74, 6) is 0. The summed E-state index contributed by atoms with van der Waals surface area (Å²) in [6, 6.07) is 30.8. The van der Waals surface area contributed by atoms with Crippen LogP contribution in [-0.4, -0.2) is 0 Å². The fourth-order valence-electron chi connectivity index (χ4n) is 4.88. The van der Waals surface area contributed by atoms with Gasteiger partial charge in [0.25, 0.3) is 0 Å². The lowest BCUT2D eigenvalue weighted by Crippen LogP contribution is -2.02. The molecule has 30 heavy (non-hydrogen) atoms. The molecule has 0 heteroatoms. The van der Waals surface area contributed by atoms with Crippen molar-refractivity contribution in [3.05, 3.63) is 107 Å². The summed E-state index contributed by atoms with van der Waals surface area (Å²) >= 11 is 0. The molecule has 0 amide bonds. The van der Waals surface area contributed by atoms with Crippen LogP contribution in [-0.2, 0) is 12.8 Å². The van der Waals surface area contributed by atoms with E-state index in [9.17, 15) is 0 Å². The van der Waals surface area contributed by atoms with Gasteiger partial charge >= 0.3 is 0 Å². The van der Waals surface area contributed by atoms with Crippen molar-refractivity contribution < 1.29 is 0 Å². The molecule has 6 rings (SSSR count). The largest absolute Gasteiger partial charge is 0.0616 e. The first kappa shape index (κ1) is 18.9. The van der Waals surface area contributed by atoms with E-state index in [1.54, 1.807) is 11.1 Å². The molecule has 0 unspecified atom stereocenters. The van der Waals surface area contributed by atoms with E-state index in [-0.39, 0.29) is 0 Å². The Hall–Kier alpha value is -3.12. The molecule has 0 nitrogen and oxygen atoms in total. The Morgan fingerprint density at radius 1 is 0.500 bits per heavy atom. The van der Waals surface area contributed by atoms with Crippen LogP contribution in [0.3, 0.4) is 0 Å². The maximum atomic E-state index is 2.35. The number of hydrogen-bond acceptors (Lipinski definition) is 0. The van der Waals surface area contributed by atoms with Gasteiger partial charge in [-0.1, -0.05) is 84.9 Å². The lowest BCUT2D eigenvalue weighted by molar-refractivity contribution is 0.690. The zero-order chi connectivity index (χ0) is 20.5. The third kappa shape index (κ3) is 3.37. The van der Waals surface area contributed by atoms with Gasteiger partial charge < -0.3 is 0 Å². The van der Waals surface area contributed by atoms with Crippen molar-refractivity contribution in [3.8, 4) is 0 Å². The lowest BCUT2D eigenvalue weighted by atomic mass is 9.86. The van der Waals surface area contributed by atoms with Crippen LogP contribution < -0.4 is 0 Å². The van der Waals surface area contributed by atoms with Gasteiger partial charge in [0.05, 0.1) is 0 Å². The van der Waals surface area contributed by atoms with Crippen molar-refractivity contribution in [3.63, 3.8) is 0 Å². The highest BCUT2D eigenvalue weighted by Gasteiger charge is 2.13. The standard InChI is InChI=1S/C18H16.C12H12/c1-3-7-15-13(5-1)9-11-18-16-8-4-2-6-14(16)10-12-17(15)18;1-9-7-8-11-5-3-4-6-12(11)10(9)2/h1,3,5,7,9-12H,2,4,6,8H2;3-8H,1-2H3. The van der Waals surface area contributed by atoms with Gasteiger partial charge in [0.15, 0.2) is 0 Å². The van der Waals surface area contributed by atoms with E-state index in [1.807, 2.05) is 0 Å². The maximum Gasteiger partial charge on any atom is -0.0102 e. The minimum absolute atomic E-state index is 1.25. The minimum atomic E-state index is 1.25. The quantitative estimate of drug-likeness (QED) is 0.234.